The van der Waals surface area contributed by atoms with Gasteiger partial charge in [0.2, 0.25) is 10.0 Å². The number of hydrogen-bond donors (Lipinski definition) is 1. The van der Waals surface area contributed by atoms with Gasteiger partial charge in [0.1, 0.15) is 10.6 Å². The Hall–Kier alpha value is -0.860. The number of methoxy groups -OCH3 is 1. The molecule has 1 fully saturated rings. The van der Waals surface area contributed by atoms with Gasteiger partial charge >= 0.3 is 0 Å². The second-order valence-electron chi connectivity index (χ2n) is 4.87. The summed E-state index contributed by atoms with van der Waals surface area (Å²) in [6.07, 6.45) is -0.814. The van der Waals surface area contributed by atoms with E-state index in [-0.39, 0.29) is 36.4 Å². The van der Waals surface area contributed by atoms with E-state index in [0.29, 0.717) is 5.02 Å². The van der Waals surface area contributed by atoms with Crippen LogP contribution >= 0.6 is 11.6 Å². The molecular weight excluding hydrogens is 318 g/mol. The average molecular weight is 336 g/mol. The maximum absolute atomic E-state index is 12.8. The van der Waals surface area contributed by atoms with Gasteiger partial charge in [-0.05, 0) is 19.1 Å². The van der Waals surface area contributed by atoms with Gasteiger partial charge in [0.25, 0.3) is 0 Å². The van der Waals surface area contributed by atoms with E-state index in [4.69, 9.17) is 21.1 Å². The highest BCUT2D eigenvalue weighted by atomic mass is 35.5. The first kappa shape index (κ1) is 16.5. The molecule has 0 radical (unpaired) electrons. The van der Waals surface area contributed by atoms with Crippen LogP contribution in [0.15, 0.2) is 23.1 Å². The van der Waals surface area contributed by atoms with Crippen molar-refractivity contribution in [3.63, 3.8) is 0 Å². The Kier molecular flexibility index (Phi) is 5.11. The minimum Gasteiger partial charge on any atom is -0.495 e. The van der Waals surface area contributed by atoms with Crippen LogP contribution in [0.4, 0.5) is 0 Å². The third-order valence-corrected chi connectivity index (χ3v) is 5.35. The van der Waals surface area contributed by atoms with E-state index in [1.165, 1.54) is 29.6 Å². The molecule has 1 aromatic rings. The first-order chi connectivity index (χ1) is 9.88. The topological polar surface area (TPSA) is 76.1 Å². The normalized spacial score (nSPS) is 24.0. The lowest BCUT2D eigenvalue weighted by Crippen LogP contribution is -2.50. The molecular formula is C13H18ClNO5S. The molecule has 0 spiro atoms. The molecule has 1 aliphatic rings. The van der Waals surface area contributed by atoms with Crippen molar-refractivity contribution < 1.29 is 23.0 Å². The number of morpholine rings is 1. The van der Waals surface area contributed by atoms with E-state index in [2.05, 4.69) is 0 Å². The van der Waals surface area contributed by atoms with Crippen LogP contribution in [0.3, 0.4) is 0 Å². The maximum atomic E-state index is 12.8. The van der Waals surface area contributed by atoms with Crippen LogP contribution < -0.4 is 4.74 Å². The maximum Gasteiger partial charge on any atom is 0.246 e. The first-order valence-electron chi connectivity index (χ1n) is 6.48. The van der Waals surface area contributed by atoms with Gasteiger partial charge in [-0.3, -0.25) is 0 Å². The lowest BCUT2D eigenvalue weighted by molar-refractivity contribution is -0.0750. The number of ether oxygens (including phenoxy) is 2. The Balaban J connectivity index is 2.37. The van der Waals surface area contributed by atoms with Gasteiger partial charge in [0.15, 0.2) is 0 Å². The van der Waals surface area contributed by atoms with Gasteiger partial charge in [-0.15, -0.1) is 0 Å². The van der Waals surface area contributed by atoms with Crippen LogP contribution in [0, 0.1) is 0 Å². The number of hydrogen-bond acceptors (Lipinski definition) is 5. The smallest absolute Gasteiger partial charge is 0.246 e. The summed E-state index contributed by atoms with van der Waals surface area (Å²) in [5.74, 6) is 0.196. The highest BCUT2D eigenvalue weighted by Crippen LogP contribution is 2.30. The summed E-state index contributed by atoms with van der Waals surface area (Å²) in [5, 5.41) is 9.61. The summed E-state index contributed by atoms with van der Waals surface area (Å²) in [6, 6.07) is 4.39. The summed E-state index contributed by atoms with van der Waals surface area (Å²) in [5.41, 5.74) is 0. The van der Waals surface area contributed by atoms with Gasteiger partial charge in [0.05, 0.1) is 25.9 Å². The lowest BCUT2D eigenvalue weighted by atomic mass is 10.2. The third kappa shape index (κ3) is 3.49. The zero-order valence-electron chi connectivity index (χ0n) is 11.8. The van der Waals surface area contributed by atoms with E-state index in [0.717, 1.165) is 0 Å². The molecule has 8 heteroatoms. The predicted molar refractivity (Wildman–Crippen MR) is 78.2 cm³/mol. The zero-order chi connectivity index (χ0) is 15.6. The molecule has 0 aromatic heterocycles. The Labute approximate surface area is 129 Å². The van der Waals surface area contributed by atoms with Crippen LogP contribution in [0.1, 0.15) is 6.92 Å². The van der Waals surface area contributed by atoms with Crippen molar-refractivity contribution in [1.82, 2.24) is 4.31 Å². The molecule has 0 bridgehead atoms. The fraction of sp³-hybridized carbons (Fsp3) is 0.538. The second-order valence-corrected chi connectivity index (χ2v) is 7.21. The van der Waals surface area contributed by atoms with Crippen LogP contribution in [-0.4, -0.2) is 56.8 Å². The van der Waals surface area contributed by atoms with Gasteiger partial charge in [-0.2, -0.15) is 4.31 Å². The van der Waals surface area contributed by atoms with Crippen LogP contribution in [0.25, 0.3) is 0 Å². The first-order valence-corrected chi connectivity index (χ1v) is 8.30. The molecule has 118 valence electrons. The summed E-state index contributed by atoms with van der Waals surface area (Å²) >= 11 is 5.86. The summed E-state index contributed by atoms with van der Waals surface area (Å²) < 4.78 is 37.4. The minimum absolute atomic E-state index is 0.0557. The Morgan fingerprint density at radius 1 is 1.48 bits per heavy atom. The molecule has 6 nitrogen and oxygen atoms in total. The van der Waals surface area contributed by atoms with Gasteiger partial charge in [-0.25, -0.2) is 8.42 Å². The number of benzene rings is 1. The molecule has 1 aromatic carbocycles. The summed E-state index contributed by atoms with van der Waals surface area (Å²) in [7, 11) is -2.35. The SMILES string of the molecule is COc1cc(Cl)ccc1S(=O)(=O)N1CC(C)OC(CO)C1. The fourth-order valence-electron chi connectivity index (χ4n) is 2.29. The Morgan fingerprint density at radius 3 is 2.81 bits per heavy atom. The molecule has 0 aliphatic carbocycles. The van der Waals surface area contributed by atoms with Crippen LogP contribution in [-0.2, 0) is 14.8 Å². The van der Waals surface area contributed by atoms with Crippen molar-refractivity contribution in [3.05, 3.63) is 23.2 Å². The third-order valence-electron chi connectivity index (χ3n) is 3.24. The molecule has 1 heterocycles. The van der Waals surface area contributed by atoms with Crippen LogP contribution in [0.2, 0.25) is 5.02 Å². The van der Waals surface area contributed by atoms with E-state index >= 15 is 0 Å². The molecule has 1 N–H and O–H groups in total. The van der Waals surface area contributed by atoms with Crippen molar-refractivity contribution in [2.45, 2.75) is 24.0 Å². The standard InChI is InChI=1S/C13H18ClNO5S/c1-9-6-15(7-11(8-16)20-9)21(17,18)13-4-3-10(14)5-12(13)19-2/h3-5,9,11,16H,6-8H2,1-2H3. The molecule has 2 atom stereocenters. The average Bonchev–Trinajstić information content (AvgIpc) is 2.46. The van der Waals surface area contributed by atoms with Gasteiger partial charge < -0.3 is 14.6 Å². The minimum atomic E-state index is -3.74. The van der Waals surface area contributed by atoms with Crippen molar-refractivity contribution in [2.75, 3.05) is 26.8 Å². The second kappa shape index (κ2) is 6.50. The molecule has 1 saturated heterocycles. The quantitative estimate of drug-likeness (QED) is 0.892. The molecule has 0 amide bonds. The monoisotopic (exact) mass is 335 g/mol. The van der Waals surface area contributed by atoms with Gasteiger partial charge in [-0.1, -0.05) is 11.6 Å². The molecule has 21 heavy (non-hydrogen) atoms. The highest BCUT2D eigenvalue weighted by molar-refractivity contribution is 7.89. The lowest BCUT2D eigenvalue weighted by Gasteiger charge is -2.35. The van der Waals surface area contributed by atoms with E-state index in [1.807, 2.05) is 0 Å². The number of aliphatic hydroxyl groups excluding tert-OH is 1. The number of aliphatic hydroxyl groups is 1. The predicted octanol–water partition coefficient (Wildman–Crippen LogP) is 1.12. The number of nitrogens with zero attached hydrogens (tertiary/aromatic N) is 1. The van der Waals surface area contributed by atoms with Gasteiger partial charge in [0, 0.05) is 24.2 Å². The van der Waals surface area contributed by atoms with Crippen molar-refractivity contribution in [2.24, 2.45) is 0 Å². The fourth-order valence-corrected chi connectivity index (χ4v) is 4.14. The molecule has 1 aliphatic heterocycles. The summed E-state index contributed by atoms with van der Waals surface area (Å²) in [6.45, 7) is 1.87. The molecule has 0 saturated carbocycles. The Bertz CT molecular complexity index is 607. The van der Waals surface area contributed by atoms with Crippen molar-refractivity contribution in [3.8, 4) is 5.75 Å². The summed E-state index contributed by atoms with van der Waals surface area (Å²) in [4.78, 5) is 0.0557. The van der Waals surface area contributed by atoms with Crippen molar-refractivity contribution in [1.29, 1.82) is 0 Å². The number of sulfonamides is 1. The van der Waals surface area contributed by atoms with E-state index in [9.17, 15) is 13.5 Å². The Morgan fingerprint density at radius 2 is 2.19 bits per heavy atom. The van der Waals surface area contributed by atoms with E-state index in [1.54, 1.807) is 6.92 Å². The van der Waals surface area contributed by atoms with Crippen LogP contribution in [0.5, 0.6) is 5.75 Å². The highest BCUT2D eigenvalue weighted by Gasteiger charge is 2.35. The zero-order valence-corrected chi connectivity index (χ0v) is 13.4. The largest absolute Gasteiger partial charge is 0.495 e. The number of halogens is 1. The van der Waals surface area contributed by atoms with Crippen molar-refractivity contribution >= 4 is 21.6 Å². The number of rotatable bonds is 4. The molecule has 2 unspecified atom stereocenters. The van der Waals surface area contributed by atoms with E-state index < -0.39 is 16.1 Å². The molecule has 2 rings (SSSR count).